The Morgan fingerprint density at radius 2 is 2.00 bits per heavy atom. The third kappa shape index (κ3) is 2.54. The molecule has 0 bridgehead atoms. The van der Waals surface area contributed by atoms with Crippen LogP contribution in [0.5, 0.6) is 0 Å². The average molecular weight is 232 g/mol. The van der Waals surface area contributed by atoms with Crippen LogP contribution in [0.4, 0.5) is 15.8 Å². The number of rotatable bonds is 2. The van der Waals surface area contributed by atoms with Gasteiger partial charge < -0.3 is 11.1 Å². The third-order valence-corrected chi connectivity index (χ3v) is 2.08. The van der Waals surface area contributed by atoms with E-state index in [1.807, 2.05) is 0 Å². The van der Waals surface area contributed by atoms with Gasteiger partial charge >= 0.3 is 0 Å². The molecule has 0 atom stereocenters. The Morgan fingerprint density at radius 3 is 2.65 bits per heavy atom. The Kier molecular flexibility index (Phi) is 2.95. The Bertz CT molecular complexity index is 544. The topological polar surface area (TPSA) is 80.9 Å². The number of carbonyl (C=O) groups excluding carboxylic acids is 1. The molecule has 0 aliphatic rings. The fraction of sp³-hybridized carbons (Fsp3) is 0. The van der Waals surface area contributed by atoms with Crippen molar-refractivity contribution in [1.29, 1.82) is 0 Å². The summed E-state index contributed by atoms with van der Waals surface area (Å²) >= 11 is 0. The van der Waals surface area contributed by atoms with Crippen molar-refractivity contribution in [3.63, 3.8) is 0 Å². The lowest BCUT2D eigenvalue weighted by Gasteiger charge is -2.06. The Hall–Kier alpha value is -2.50. The molecule has 0 spiro atoms. The molecule has 3 N–H and O–H groups in total. The van der Waals surface area contributed by atoms with Gasteiger partial charge in [-0.2, -0.15) is 0 Å². The standard InChI is InChI=1S/C11H9FN4O/c12-7-1-2-9(10(13)3-7)11(17)16-8-4-14-6-15-5-8/h1-6H,13H2,(H,16,17). The van der Waals surface area contributed by atoms with Gasteiger partial charge in [-0.3, -0.25) is 4.79 Å². The fourth-order valence-corrected chi connectivity index (χ4v) is 1.30. The van der Waals surface area contributed by atoms with Crippen LogP contribution in [0, 0.1) is 5.82 Å². The van der Waals surface area contributed by atoms with E-state index >= 15 is 0 Å². The summed E-state index contributed by atoms with van der Waals surface area (Å²) in [5.74, 6) is -0.917. The first-order chi connectivity index (χ1) is 8.16. The molecular formula is C11H9FN4O. The number of carbonyl (C=O) groups is 1. The number of halogens is 1. The maximum atomic E-state index is 12.8. The number of anilines is 2. The van der Waals surface area contributed by atoms with Crippen molar-refractivity contribution in [1.82, 2.24) is 9.97 Å². The monoisotopic (exact) mass is 232 g/mol. The molecule has 1 aromatic heterocycles. The van der Waals surface area contributed by atoms with Gasteiger partial charge in [-0.15, -0.1) is 0 Å². The molecule has 1 amide bonds. The SMILES string of the molecule is Nc1cc(F)ccc1C(=O)Nc1cncnc1. The number of nitrogen functional groups attached to an aromatic ring is 1. The third-order valence-electron chi connectivity index (χ3n) is 2.08. The molecule has 0 aliphatic heterocycles. The van der Waals surface area contributed by atoms with Crippen LogP contribution in [0.25, 0.3) is 0 Å². The lowest BCUT2D eigenvalue weighted by atomic mass is 10.1. The number of amides is 1. The van der Waals surface area contributed by atoms with Crippen LogP contribution in [0.1, 0.15) is 10.4 Å². The van der Waals surface area contributed by atoms with Crippen molar-refractivity contribution < 1.29 is 9.18 Å². The molecule has 2 aromatic rings. The average Bonchev–Trinajstić information content (AvgIpc) is 2.30. The van der Waals surface area contributed by atoms with Gasteiger partial charge in [-0.1, -0.05) is 0 Å². The molecule has 2 rings (SSSR count). The number of hydrogen-bond donors (Lipinski definition) is 2. The molecule has 0 aliphatic carbocycles. The van der Waals surface area contributed by atoms with Crippen LogP contribution >= 0.6 is 0 Å². The van der Waals surface area contributed by atoms with E-state index in [-0.39, 0.29) is 11.3 Å². The number of aromatic nitrogens is 2. The Balaban J connectivity index is 2.21. The van der Waals surface area contributed by atoms with Gasteiger partial charge in [0.1, 0.15) is 12.1 Å². The van der Waals surface area contributed by atoms with E-state index in [2.05, 4.69) is 15.3 Å². The van der Waals surface area contributed by atoms with Crippen LogP contribution in [0.2, 0.25) is 0 Å². The molecule has 17 heavy (non-hydrogen) atoms. The van der Waals surface area contributed by atoms with Crippen molar-refractivity contribution in [2.75, 3.05) is 11.1 Å². The van der Waals surface area contributed by atoms with E-state index in [0.717, 1.165) is 6.07 Å². The van der Waals surface area contributed by atoms with E-state index in [0.29, 0.717) is 5.69 Å². The number of nitrogens with two attached hydrogens (primary N) is 1. The Morgan fingerprint density at radius 1 is 1.29 bits per heavy atom. The second kappa shape index (κ2) is 4.56. The number of nitrogens with zero attached hydrogens (tertiary/aromatic N) is 2. The van der Waals surface area contributed by atoms with Gasteiger partial charge in [-0.25, -0.2) is 14.4 Å². The second-order valence-corrected chi connectivity index (χ2v) is 3.31. The summed E-state index contributed by atoms with van der Waals surface area (Å²) in [4.78, 5) is 19.3. The minimum atomic E-state index is -0.484. The molecule has 0 saturated carbocycles. The summed E-state index contributed by atoms with van der Waals surface area (Å²) in [6.07, 6.45) is 4.25. The largest absolute Gasteiger partial charge is 0.398 e. The summed E-state index contributed by atoms with van der Waals surface area (Å²) in [6, 6.07) is 3.59. The normalized spacial score (nSPS) is 9.94. The molecule has 5 nitrogen and oxygen atoms in total. The van der Waals surface area contributed by atoms with Crippen molar-refractivity contribution in [2.24, 2.45) is 0 Å². The number of nitrogens with one attached hydrogen (secondary N) is 1. The van der Waals surface area contributed by atoms with Crippen LogP contribution in [-0.2, 0) is 0 Å². The zero-order valence-corrected chi connectivity index (χ0v) is 8.72. The van der Waals surface area contributed by atoms with Crippen molar-refractivity contribution in [2.45, 2.75) is 0 Å². The fourth-order valence-electron chi connectivity index (χ4n) is 1.30. The first-order valence-electron chi connectivity index (χ1n) is 4.78. The highest BCUT2D eigenvalue weighted by Gasteiger charge is 2.10. The van der Waals surface area contributed by atoms with Gasteiger partial charge in [0, 0.05) is 5.69 Å². The van der Waals surface area contributed by atoms with Gasteiger partial charge in [0.25, 0.3) is 5.91 Å². The summed E-state index contributed by atoms with van der Waals surface area (Å²) in [5.41, 5.74) is 6.28. The first-order valence-corrected chi connectivity index (χ1v) is 4.78. The van der Waals surface area contributed by atoms with Gasteiger partial charge in [0.2, 0.25) is 0 Å². The van der Waals surface area contributed by atoms with Gasteiger partial charge in [0.05, 0.1) is 23.6 Å². The smallest absolute Gasteiger partial charge is 0.257 e. The van der Waals surface area contributed by atoms with Crippen LogP contribution in [0.15, 0.2) is 36.9 Å². The molecule has 0 radical (unpaired) electrons. The van der Waals surface area contributed by atoms with Crippen LogP contribution in [-0.4, -0.2) is 15.9 Å². The van der Waals surface area contributed by atoms with Crippen molar-refractivity contribution in [3.05, 3.63) is 48.3 Å². The van der Waals surface area contributed by atoms with Gasteiger partial charge in [-0.05, 0) is 18.2 Å². The predicted octanol–water partition coefficient (Wildman–Crippen LogP) is 1.45. The number of benzene rings is 1. The lowest BCUT2D eigenvalue weighted by molar-refractivity contribution is 0.102. The van der Waals surface area contributed by atoms with E-state index in [1.54, 1.807) is 0 Å². The molecule has 1 heterocycles. The highest BCUT2D eigenvalue weighted by Crippen LogP contribution is 2.15. The quantitative estimate of drug-likeness (QED) is 0.768. The van der Waals surface area contributed by atoms with E-state index in [4.69, 9.17) is 5.73 Å². The van der Waals surface area contributed by atoms with E-state index in [1.165, 1.54) is 30.9 Å². The molecule has 0 unspecified atom stereocenters. The van der Waals surface area contributed by atoms with Crippen LogP contribution in [0.3, 0.4) is 0 Å². The number of hydrogen-bond acceptors (Lipinski definition) is 4. The van der Waals surface area contributed by atoms with E-state index in [9.17, 15) is 9.18 Å². The van der Waals surface area contributed by atoms with Crippen molar-refractivity contribution in [3.8, 4) is 0 Å². The minimum Gasteiger partial charge on any atom is -0.398 e. The molecule has 6 heteroatoms. The Labute approximate surface area is 96.5 Å². The summed E-state index contributed by atoms with van der Waals surface area (Å²) < 4.78 is 12.8. The maximum Gasteiger partial charge on any atom is 0.257 e. The second-order valence-electron chi connectivity index (χ2n) is 3.31. The zero-order chi connectivity index (χ0) is 12.3. The molecule has 0 saturated heterocycles. The van der Waals surface area contributed by atoms with Crippen LogP contribution < -0.4 is 11.1 Å². The maximum absolute atomic E-state index is 12.8. The molecule has 1 aromatic carbocycles. The summed E-state index contributed by atoms with van der Waals surface area (Å²) in [5, 5.41) is 2.55. The first kappa shape index (κ1) is 11.0. The predicted molar refractivity (Wildman–Crippen MR) is 60.8 cm³/mol. The minimum absolute atomic E-state index is 0.0827. The molecule has 0 fully saturated rings. The lowest BCUT2D eigenvalue weighted by Crippen LogP contribution is -2.14. The summed E-state index contributed by atoms with van der Waals surface area (Å²) in [7, 11) is 0. The molecular weight excluding hydrogens is 223 g/mol. The highest BCUT2D eigenvalue weighted by atomic mass is 19.1. The van der Waals surface area contributed by atoms with E-state index < -0.39 is 11.7 Å². The highest BCUT2D eigenvalue weighted by molar-refractivity contribution is 6.07. The molecule has 86 valence electrons. The summed E-state index contributed by atoms with van der Waals surface area (Å²) in [6.45, 7) is 0. The zero-order valence-electron chi connectivity index (χ0n) is 8.72. The van der Waals surface area contributed by atoms with Crippen molar-refractivity contribution >= 4 is 17.3 Å². The van der Waals surface area contributed by atoms with Gasteiger partial charge in [0.15, 0.2) is 0 Å².